The molecule has 25 heavy (non-hydrogen) atoms. The van der Waals surface area contributed by atoms with Gasteiger partial charge in [0.05, 0.1) is 29.6 Å². The van der Waals surface area contributed by atoms with Gasteiger partial charge in [-0.15, -0.1) is 0 Å². The van der Waals surface area contributed by atoms with Crippen LogP contribution < -0.4 is 22.7 Å². The molecule has 2 N–H and O–H groups in total. The van der Waals surface area contributed by atoms with E-state index in [1.807, 2.05) is 24.5 Å². The Bertz CT molecular complexity index is 779. The summed E-state index contributed by atoms with van der Waals surface area (Å²) in [6, 6.07) is 0. The molecule has 5 nitrogen and oxygen atoms in total. The van der Waals surface area contributed by atoms with Gasteiger partial charge >= 0.3 is 0 Å². The van der Waals surface area contributed by atoms with E-state index in [1.165, 1.54) is 22.0 Å². The molecular weight excluding hydrogens is 356 g/mol. The molecule has 0 saturated heterocycles. The molecule has 3 atom stereocenters. The molecule has 0 spiro atoms. The summed E-state index contributed by atoms with van der Waals surface area (Å²) < 4.78 is 8.33. The van der Waals surface area contributed by atoms with Crippen LogP contribution in [0.15, 0.2) is 6.20 Å². The maximum absolute atomic E-state index is 6.16. The van der Waals surface area contributed by atoms with Crippen LogP contribution in [0.1, 0.15) is 59.1 Å². The molecule has 2 aromatic rings. The highest BCUT2D eigenvalue weighted by Crippen LogP contribution is 2.48. The standard InChI is InChI=1S/C18H25N4OS.ClH/c1-10-6-14(10)16-15-4-5-23-9-11(2)18(24-15)22(16)8-13-7-20-12(3)21-17(13)19;/h7,10-11,14H,4-6,8-9H2,1-3H3,(H2,19,20,21);1H/q+1;/p-1. The quantitative estimate of drug-likeness (QED) is 0.734. The highest BCUT2D eigenvalue weighted by atomic mass is 35.5. The highest BCUT2D eigenvalue weighted by Gasteiger charge is 2.45. The zero-order chi connectivity index (χ0) is 16.8. The summed E-state index contributed by atoms with van der Waals surface area (Å²) in [5, 5.41) is 1.40. The number of hydrogen-bond donors (Lipinski definition) is 1. The van der Waals surface area contributed by atoms with Crippen molar-refractivity contribution in [3.8, 4) is 0 Å². The molecule has 0 radical (unpaired) electrons. The van der Waals surface area contributed by atoms with Gasteiger partial charge in [-0.25, -0.2) is 9.97 Å². The fourth-order valence-corrected chi connectivity index (χ4v) is 4.97. The van der Waals surface area contributed by atoms with Crippen LogP contribution in [0.3, 0.4) is 0 Å². The van der Waals surface area contributed by atoms with Crippen LogP contribution in [0.5, 0.6) is 0 Å². The maximum Gasteiger partial charge on any atom is 0.243 e. The fourth-order valence-electron chi connectivity index (χ4n) is 3.62. The number of hydrogen-bond acceptors (Lipinski definition) is 5. The highest BCUT2D eigenvalue weighted by molar-refractivity contribution is 7.11. The van der Waals surface area contributed by atoms with E-state index in [0.29, 0.717) is 17.7 Å². The van der Waals surface area contributed by atoms with Gasteiger partial charge in [0.25, 0.3) is 0 Å². The first-order valence-corrected chi connectivity index (χ1v) is 9.57. The minimum absolute atomic E-state index is 0. The molecule has 2 aromatic heterocycles. The second kappa shape index (κ2) is 7.17. The number of nitrogens with two attached hydrogens (primary N) is 1. The summed E-state index contributed by atoms with van der Waals surface area (Å²) >= 11 is 1.97. The van der Waals surface area contributed by atoms with E-state index in [-0.39, 0.29) is 12.4 Å². The first-order valence-electron chi connectivity index (χ1n) is 8.75. The predicted molar refractivity (Wildman–Crippen MR) is 94.3 cm³/mol. The predicted octanol–water partition coefficient (Wildman–Crippen LogP) is -0.432. The Labute approximate surface area is 159 Å². The van der Waals surface area contributed by atoms with Crippen molar-refractivity contribution in [2.24, 2.45) is 5.92 Å². The summed E-state index contributed by atoms with van der Waals surface area (Å²) in [4.78, 5) is 10.2. The van der Waals surface area contributed by atoms with E-state index in [4.69, 9.17) is 10.5 Å². The van der Waals surface area contributed by atoms with Crippen LogP contribution in [-0.2, 0) is 17.7 Å². The zero-order valence-electron chi connectivity index (χ0n) is 15.0. The van der Waals surface area contributed by atoms with E-state index in [1.54, 1.807) is 0 Å². The molecule has 2 bridgehead atoms. The minimum Gasteiger partial charge on any atom is -1.00 e. The van der Waals surface area contributed by atoms with Crippen molar-refractivity contribution in [3.63, 3.8) is 0 Å². The van der Waals surface area contributed by atoms with Gasteiger partial charge in [0.1, 0.15) is 11.6 Å². The Morgan fingerprint density at radius 1 is 1.40 bits per heavy atom. The van der Waals surface area contributed by atoms with Crippen molar-refractivity contribution in [1.82, 2.24) is 9.97 Å². The number of rotatable bonds is 3. The van der Waals surface area contributed by atoms with Crippen LogP contribution in [0.4, 0.5) is 5.82 Å². The van der Waals surface area contributed by atoms with Gasteiger partial charge in [-0.3, -0.25) is 0 Å². The molecule has 1 saturated carbocycles. The van der Waals surface area contributed by atoms with Crippen LogP contribution in [0, 0.1) is 12.8 Å². The van der Waals surface area contributed by atoms with E-state index in [2.05, 4.69) is 28.4 Å². The van der Waals surface area contributed by atoms with Crippen molar-refractivity contribution in [2.75, 3.05) is 18.9 Å². The number of aryl methyl sites for hydroxylation is 1. The van der Waals surface area contributed by atoms with Crippen molar-refractivity contribution in [1.29, 1.82) is 0 Å². The maximum atomic E-state index is 6.16. The molecule has 136 valence electrons. The molecule has 4 rings (SSSR count). The normalized spacial score (nSPS) is 25.0. The second-order valence-corrected chi connectivity index (χ2v) is 8.32. The third-order valence-corrected chi connectivity index (χ3v) is 6.63. The lowest BCUT2D eigenvalue weighted by Crippen LogP contribution is -3.00. The molecule has 1 fully saturated rings. The Morgan fingerprint density at radius 2 is 2.16 bits per heavy atom. The average Bonchev–Trinajstić information content (AvgIpc) is 3.11. The largest absolute Gasteiger partial charge is 1.00 e. The molecule has 7 heteroatoms. The molecule has 3 unspecified atom stereocenters. The fraction of sp³-hybridized carbons (Fsp3) is 0.611. The number of nitrogens with zero attached hydrogens (tertiary/aromatic N) is 3. The number of nitrogen functional groups attached to an aromatic ring is 1. The van der Waals surface area contributed by atoms with Gasteiger partial charge in [-0.2, -0.15) is 4.57 Å². The molecule has 0 amide bonds. The molecule has 3 heterocycles. The van der Waals surface area contributed by atoms with Crippen molar-refractivity contribution in [2.45, 2.75) is 52.0 Å². The number of aromatic nitrogens is 3. The van der Waals surface area contributed by atoms with Gasteiger partial charge in [0, 0.05) is 18.5 Å². The van der Waals surface area contributed by atoms with Gasteiger partial charge in [0.2, 0.25) is 5.01 Å². The van der Waals surface area contributed by atoms with Gasteiger partial charge in [-0.1, -0.05) is 18.3 Å². The summed E-state index contributed by atoms with van der Waals surface area (Å²) in [5.74, 6) is 3.19. The number of anilines is 1. The second-order valence-electron chi connectivity index (χ2n) is 7.21. The van der Waals surface area contributed by atoms with Crippen LogP contribution in [0.2, 0.25) is 0 Å². The lowest BCUT2D eigenvalue weighted by atomic mass is 10.1. The first kappa shape index (κ1) is 18.5. The van der Waals surface area contributed by atoms with Gasteiger partial charge < -0.3 is 22.9 Å². The smallest absolute Gasteiger partial charge is 0.243 e. The lowest BCUT2D eigenvalue weighted by Gasteiger charge is -2.10. The van der Waals surface area contributed by atoms with Crippen molar-refractivity contribution < 1.29 is 21.7 Å². The number of thiazole rings is 1. The minimum atomic E-state index is 0. The van der Waals surface area contributed by atoms with Crippen LogP contribution in [-0.4, -0.2) is 23.2 Å². The number of fused-ring (bicyclic) bond motifs is 2. The number of halogens is 1. The molecule has 2 aliphatic rings. The molecule has 1 aliphatic carbocycles. The van der Waals surface area contributed by atoms with E-state index in [9.17, 15) is 0 Å². The number of ether oxygens (including phenoxy) is 1. The Morgan fingerprint density at radius 3 is 2.84 bits per heavy atom. The third-order valence-electron chi connectivity index (χ3n) is 5.14. The average molecular weight is 381 g/mol. The summed E-state index contributed by atoms with van der Waals surface area (Å²) in [6.07, 6.45) is 4.20. The molecule has 0 aromatic carbocycles. The monoisotopic (exact) mass is 380 g/mol. The summed E-state index contributed by atoms with van der Waals surface area (Å²) in [7, 11) is 0. The third kappa shape index (κ3) is 3.52. The van der Waals surface area contributed by atoms with Crippen molar-refractivity contribution in [3.05, 3.63) is 33.2 Å². The topological polar surface area (TPSA) is 64.9 Å². The summed E-state index contributed by atoms with van der Waals surface area (Å²) in [6.45, 7) is 8.86. The van der Waals surface area contributed by atoms with Crippen LogP contribution >= 0.6 is 11.3 Å². The summed E-state index contributed by atoms with van der Waals surface area (Å²) in [5.41, 5.74) is 8.69. The SMILES string of the molecule is Cc1ncc(C[n+]2c3sc(c2C2CC2C)CCOCC3C)c(N)n1.[Cl-]. The zero-order valence-corrected chi connectivity index (χ0v) is 16.5. The van der Waals surface area contributed by atoms with Gasteiger partial charge in [0.15, 0.2) is 12.2 Å². The van der Waals surface area contributed by atoms with Gasteiger partial charge in [-0.05, 0) is 26.2 Å². The first-order chi connectivity index (χ1) is 11.5. The Hall–Kier alpha value is -1.24. The van der Waals surface area contributed by atoms with Crippen molar-refractivity contribution >= 4 is 17.2 Å². The van der Waals surface area contributed by atoms with Crippen LogP contribution in [0.25, 0.3) is 0 Å². The Balaban J connectivity index is 0.00000182. The Kier molecular flexibility index (Phi) is 5.32. The lowest BCUT2D eigenvalue weighted by molar-refractivity contribution is -0.699. The van der Waals surface area contributed by atoms with E-state index < -0.39 is 0 Å². The molecule has 1 aliphatic heterocycles. The van der Waals surface area contributed by atoms with E-state index in [0.717, 1.165) is 43.5 Å². The van der Waals surface area contributed by atoms with E-state index >= 15 is 0 Å². The molecular formula is C18H25ClN4OS.